The zero-order chi connectivity index (χ0) is 23.4. The standard InChI is InChI=1S/C20H17F3N4O4S/c1-10(31-19(30)17-13-5-3-4-8-27(13)20(26-17)32-2)18(29)24-9-14(28)25-12-7-6-11(21)15(22)16(12)23/h3-8,10H,9H2,1-2H3,(H,24,29)(H,25,28). The van der Waals surface area contributed by atoms with Crippen LogP contribution < -0.4 is 10.6 Å². The van der Waals surface area contributed by atoms with Crippen molar-refractivity contribution < 1.29 is 32.3 Å². The van der Waals surface area contributed by atoms with Crippen LogP contribution in [-0.2, 0) is 14.3 Å². The van der Waals surface area contributed by atoms with Crippen molar-refractivity contribution in [1.82, 2.24) is 14.7 Å². The Morgan fingerprint density at radius 1 is 1.16 bits per heavy atom. The number of fused-ring (bicyclic) bond motifs is 1. The maximum atomic E-state index is 13.6. The van der Waals surface area contributed by atoms with Gasteiger partial charge in [-0.25, -0.2) is 22.9 Å². The SMILES string of the molecule is CSc1nc(C(=O)OC(C)C(=O)NCC(=O)Nc2ccc(F)c(F)c2F)c2ccccn12. The molecule has 1 atom stereocenters. The van der Waals surface area contributed by atoms with Crippen LogP contribution in [0.25, 0.3) is 5.52 Å². The van der Waals surface area contributed by atoms with Crippen molar-refractivity contribution in [3.05, 3.63) is 59.7 Å². The number of thioether (sulfide) groups is 1. The zero-order valence-electron chi connectivity index (χ0n) is 16.8. The number of hydrogen-bond donors (Lipinski definition) is 2. The number of amides is 2. The lowest BCUT2D eigenvalue weighted by Crippen LogP contribution is -2.40. The third kappa shape index (κ3) is 4.85. The van der Waals surface area contributed by atoms with E-state index in [0.717, 1.165) is 6.07 Å². The first-order valence-corrected chi connectivity index (χ1v) is 10.4. The van der Waals surface area contributed by atoms with Crippen molar-refractivity contribution in [1.29, 1.82) is 0 Å². The second-order valence-electron chi connectivity index (χ2n) is 6.44. The largest absolute Gasteiger partial charge is 0.448 e. The maximum Gasteiger partial charge on any atom is 0.360 e. The molecule has 0 bridgehead atoms. The second-order valence-corrected chi connectivity index (χ2v) is 7.21. The van der Waals surface area contributed by atoms with Gasteiger partial charge in [0.1, 0.15) is 0 Å². The summed E-state index contributed by atoms with van der Waals surface area (Å²) in [7, 11) is 0. The molecule has 2 aromatic heterocycles. The average molecular weight is 466 g/mol. The van der Waals surface area contributed by atoms with Crippen LogP contribution >= 0.6 is 11.8 Å². The topological polar surface area (TPSA) is 102 Å². The molecule has 0 fully saturated rings. The molecule has 0 aliphatic carbocycles. The molecule has 2 amide bonds. The predicted molar refractivity (Wildman–Crippen MR) is 110 cm³/mol. The number of nitrogens with one attached hydrogen (secondary N) is 2. The summed E-state index contributed by atoms with van der Waals surface area (Å²) in [5.74, 6) is -7.23. The lowest BCUT2D eigenvalue weighted by atomic mass is 10.2. The number of esters is 1. The number of imidazole rings is 1. The summed E-state index contributed by atoms with van der Waals surface area (Å²) in [5.41, 5.74) is -0.0533. The van der Waals surface area contributed by atoms with Crippen molar-refractivity contribution >= 4 is 40.7 Å². The molecule has 32 heavy (non-hydrogen) atoms. The minimum absolute atomic E-state index is 0.0288. The highest BCUT2D eigenvalue weighted by Gasteiger charge is 2.24. The highest BCUT2D eigenvalue weighted by Crippen LogP contribution is 2.21. The number of nitrogens with zero attached hydrogens (tertiary/aromatic N) is 2. The lowest BCUT2D eigenvalue weighted by Gasteiger charge is -2.13. The van der Waals surface area contributed by atoms with Gasteiger partial charge in [0.25, 0.3) is 5.91 Å². The first-order chi connectivity index (χ1) is 15.2. The Balaban J connectivity index is 1.58. The van der Waals surface area contributed by atoms with Gasteiger partial charge < -0.3 is 15.4 Å². The molecule has 1 unspecified atom stereocenters. The van der Waals surface area contributed by atoms with Crippen LogP contribution in [0.15, 0.2) is 41.7 Å². The quantitative estimate of drug-likeness (QED) is 0.316. The molecular weight excluding hydrogens is 449 g/mol. The number of carbonyl (C=O) groups excluding carboxylic acids is 3. The van der Waals surface area contributed by atoms with E-state index in [2.05, 4.69) is 10.3 Å². The maximum absolute atomic E-state index is 13.6. The Hall–Kier alpha value is -3.54. The summed E-state index contributed by atoms with van der Waals surface area (Å²) in [5, 5.41) is 4.78. The minimum Gasteiger partial charge on any atom is -0.448 e. The fourth-order valence-corrected chi connectivity index (χ4v) is 3.24. The van der Waals surface area contributed by atoms with Gasteiger partial charge in [0.15, 0.2) is 34.4 Å². The third-order valence-electron chi connectivity index (χ3n) is 4.28. The molecule has 8 nitrogen and oxygen atoms in total. The predicted octanol–water partition coefficient (Wildman–Crippen LogP) is 2.77. The molecule has 3 aromatic rings. The Morgan fingerprint density at radius 3 is 2.62 bits per heavy atom. The molecule has 2 N–H and O–H groups in total. The average Bonchev–Trinajstić information content (AvgIpc) is 3.16. The van der Waals surface area contributed by atoms with Gasteiger partial charge in [-0.2, -0.15) is 0 Å². The molecule has 2 heterocycles. The smallest absolute Gasteiger partial charge is 0.360 e. The summed E-state index contributed by atoms with van der Waals surface area (Å²) in [4.78, 5) is 40.8. The van der Waals surface area contributed by atoms with E-state index < -0.39 is 53.6 Å². The molecule has 0 aliphatic heterocycles. The third-order valence-corrected chi connectivity index (χ3v) is 4.93. The van der Waals surface area contributed by atoms with Crippen LogP contribution in [-0.4, -0.2) is 46.1 Å². The molecular formula is C20H17F3N4O4S. The number of rotatable bonds is 7. The monoisotopic (exact) mass is 466 g/mol. The van der Waals surface area contributed by atoms with Gasteiger partial charge in [-0.1, -0.05) is 17.8 Å². The fourth-order valence-electron chi connectivity index (χ4n) is 2.70. The summed E-state index contributed by atoms with van der Waals surface area (Å²) in [6.07, 6.45) is 2.26. The minimum atomic E-state index is -1.73. The number of pyridine rings is 1. The normalized spacial score (nSPS) is 11.8. The molecule has 0 aliphatic rings. The number of hydrogen-bond acceptors (Lipinski definition) is 6. The number of anilines is 1. The van der Waals surface area contributed by atoms with Crippen LogP contribution in [0.2, 0.25) is 0 Å². The molecule has 0 saturated carbocycles. The van der Waals surface area contributed by atoms with Gasteiger partial charge in [-0.3, -0.25) is 14.0 Å². The first kappa shape index (κ1) is 23.1. The molecule has 0 spiro atoms. The highest BCUT2D eigenvalue weighted by atomic mass is 32.2. The Labute approximate surface area is 184 Å². The van der Waals surface area contributed by atoms with E-state index in [1.54, 1.807) is 35.1 Å². The Kier molecular flexibility index (Phi) is 7.03. The van der Waals surface area contributed by atoms with Crippen LogP contribution in [0.5, 0.6) is 0 Å². The second kappa shape index (κ2) is 9.73. The first-order valence-electron chi connectivity index (χ1n) is 9.16. The molecule has 12 heteroatoms. The van der Waals surface area contributed by atoms with Crippen molar-refractivity contribution in [3.63, 3.8) is 0 Å². The molecule has 3 rings (SSSR count). The van der Waals surface area contributed by atoms with Gasteiger partial charge in [0, 0.05) is 6.20 Å². The molecule has 168 valence electrons. The van der Waals surface area contributed by atoms with Gasteiger partial charge >= 0.3 is 5.97 Å². The van der Waals surface area contributed by atoms with Crippen molar-refractivity contribution in [3.8, 4) is 0 Å². The van der Waals surface area contributed by atoms with E-state index in [4.69, 9.17) is 4.74 Å². The van der Waals surface area contributed by atoms with E-state index in [0.29, 0.717) is 16.7 Å². The lowest BCUT2D eigenvalue weighted by molar-refractivity contribution is -0.130. The van der Waals surface area contributed by atoms with E-state index in [1.807, 2.05) is 5.32 Å². The number of carbonyl (C=O) groups is 3. The van der Waals surface area contributed by atoms with E-state index in [9.17, 15) is 27.6 Å². The van der Waals surface area contributed by atoms with Gasteiger partial charge in [-0.15, -0.1) is 0 Å². The highest BCUT2D eigenvalue weighted by molar-refractivity contribution is 7.98. The van der Waals surface area contributed by atoms with E-state index in [-0.39, 0.29) is 5.69 Å². The van der Waals surface area contributed by atoms with Crippen molar-refractivity contribution in [2.24, 2.45) is 0 Å². The molecule has 0 saturated heterocycles. The van der Waals surface area contributed by atoms with Crippen LogP contribution in [0, 0.1) is 17.5 Å². The number of benzene rings is 1. The summed E-state index contributed by atoms with van der Waals surface area (Å²) in [6.45, 7) is 0.678. The van der Waals surface area contributed by atoms with E-state index >= 15 is 0 Å². The summed E-state index contributed by atoms with van der Waals surface area (Å²) in [6, 6.07) is 6.67. The Bertz CT molecular complexity index is 1200. The van der Waals surface area contributed by atoms with E-state index in [1.165, 1.54) is 18.7 Å². The molecule has 0 radical (unpaired) electrons. The molecule has 1 aromatic carbocycles. The van der Waals surface area contributed by atoms with Crippen molar-refractivity contribution in [2.75, 3.05) is 18.1 Å². The number of ether oxygens (including phenoxy) is 1. The number of halogens is 3. The van der Waals surface area contributed by atoms with Crippen LogP contribution in [0.1, 0.15) is 17.4 Å². The van der Waals surface area contributed by atoms with Gasteiger partial charge in [0.2, 0.25) is 5.91 Å². The van der Waals surface area contributed by atoms with Crippen molar-refractivity contribution in [2.45, 2.75) is 18.2 Å². The summed E-state index contributed by atoms with van der Waals surface area (Å²) >= 11 is 1.33. The summed E-state index contributed by atoms with van der Waals surface area (Å²) < 4.78 is 46.6. The Morgan fingerprint density at radius 2 is 1.91 bits per heavy atom. The van der Waals surface area contributed by atoms with Gasteiger partial charge in [0.05, 0.1) is 17.7 Å². The fraction of sp³-hybridized carbons (Fsp3) is 0.200. The van der Waals surface area contributed by atoms with Crippen LogP contribution in [0.4, 0.5) is 18.9 Å². The number of aromatic nitrogens is 2. The zero-order valence-corrected chi connectivity index (χ0v) is 17.6. The van der Waals surface area contributed by atoms with Gasteiger partial charge in [-0.05, 0) is 37.4 Å². The van der Waals surface area contributed by atoms with Crippen LogP contribution in [0.3, 0.4) is 0 Å².